The minimum atomic E-state index is -0.215. The van der Waals surface area contributed by atoms with E-state index < -0.39 is 0 Å². The number of aryl methyl sites for hydroxylation is 2. The normalized spacial score (nSPS) is 10.6. The van der Waals surface area contributed by atoms with E-state index in [2.05, 4.69) is 9.72 Å². The summed E-state index contributed by atoms with van der Waals surface area (Å²) in [6.07, 6.45) is 1.01. The number of fused-ring (bicyclic) bond motifs is 1. The molecular weight excluding hydrogens is 230 g/mol. The highest BCUT2D eigenvalue weighted by atomic mass is 16.5. The van der Waals surface area contributed by atoms with Crippen LogP contribution in [-0.2, 0) is 16.0 Å². The van der Waals surface area contributed by atoms with Gasteiger partial charge in [0.25, 0.3) is 0 Å². The first-order valence-electron chi connectivity index (χ1n) is 5.79. The number of rotatable bonds is 3. The van der Waals surface area contributed by atoms with Crippen LogP contribution in [0.4, 0.5) is 0 Å². The maximum Gasteiger partial charge on any atom is 0.305 e. The van der Waals surface area contributed by atoms with E-state index in [1.807, 2.05) is 25.1 Å². The third-order valence-electron chi connectivity index (χ3n) is 2.96. The van der Waals surface area contributed by atoms with Crippen molar-refractivity contribution in [3.63, 3.8) is 0 Å². The first kappa shape index (κ1) is 12.4. The fourth-order valence-electron chi connectivity index (χ4n) is 1.97. The quantitative estimate of drug-likeness (QED) is 0.841. The maximum atomic E-state index is 11.3. The first-order chi connectivity index (χ1) is 8.60. The molecule has 0 unspecified atom stereocenters. The van der Waals surface area contributed by atoms with E-state index in [-0.39, 0.29) is 11.5 Å². The number of H-pyrrole nitrogens is 1. The molecule has 0 aliphatic rings. The third-order valence-corrected chi connectivity index (χ3v) is 2.96. The molecule has 0 spiro atoms. The minimum absolute atomic E-state index is 0.0951. The molecular formula is C14H15NO3. The molecule has 4 nitrogen and oxygen atoms in total. The second-order valence-electron chi connectivity index (χ2n) is 4.27. The smallest absolute Gasteiger partial charge is 0.305 e. The summed E-state index contributed by atoms with van der Waals surface area (Å²) in [5.74, 6) is -0.215. The van der Waals surface area contributed by atoms with Gasteiger partial charge in [-0.25, -0.2) is 0 Å². The van der Waals surface area contributed by atoms with Crippen molar-refractivity contribution in [1.29, 1.82) is 0 Å². The summed E-state index contributed by atoms with van der Waals surface area (Å²) in [5, 5.41) is 1.01. The number of aromatic nitrogens is 1. The number of hydrogen-bond donors (Lipinski definition) is 1. The van der Waals surface area contributed by atoms with E-state index >= 15 is 0 Å². The lowest BCUT2D eigenvalue weighted by Crippen LogP contribution is -2.05. The first-order valence-corrected chi connectivity index (χ1v) is 5.79. The predicted molar refractivity (Wildman–Crippen MR) is 69.6 cm³/mol. The topological polar surface area (TPSA) is 59.2 Å². The van der Waals surface area contributed by atoms with Crippen LogP contribution in [0.3, 0.4) is 0 Å². The van der Waals surface area contributed by atoms with Crippen LogP contribution in [0.2, 0.25) is 0 Å². The van der Waals surface area contributed by atoms with Crippen molar-refractivity contribution in [3.05, 3.63) is 45.7 Å². The van der Waals surface area contributed by atoms with E-state index in [1.165, 1.54) is 7.11 Å². The zero-order valence-corrected chi connectivity index (χ0v) is 10.4. The Morgan fingerprint density at radius 1 is 1.33 bits per heavy atom. The lowest BCUT2D eigenvalue weighted by molar-refractivity contribution is -0.140. The van der Waals surface area contributed by atoms with Crippen LogP contribution < -0.4 is 5.56 Å². The number of methoxy groups -OCH3 is 1. The number of carbonyl (C=O) groups excluding carboxylic acids is 1. The Kier molecular flexibility index (Phi) is 3.46. The standard InChI is InChI=1S/C14H15NO3/c1-9-7-13(16)15-12-5-3-10(8-11(9)12)4-6-14(17)18-2/h3,5,7-8H,4,6H2,1-2H3,(H,15,16). The summed E-state index contributed by atoms with van der Waals surface area (Å²) in [6, 6.07) is 7.37. The molecule has 0 fully saturated rings. The van der Waals surface area contributed by atoms with Gasteiger partial charge in [-0.15, -0.1) is 0 Å². The fourth-order valence-corrected chi connectivity index (χ4v) is 1.97. The van der Waals surface area contributed by atoms with Crippen molar-refractivity contribution < 1.29 is 9.53 Å². The highest BCUT2D eigenvalue weighted by Gasteiger charge is 2.04. The molecule has 0 bridgehead atoms. The van der Waals surface area contributed by atoms with Crippen molar-refractivity contribution in [2.45, 2.75) is 19.8 Å². The molecule has 0 radical (unpaired) electrons. The van der Waals surface area contributed by atoms with Gasteiger partial charge in [-0.05, 0) is 36.6 Å². The van der Waals surface area contributed by atoms with Crippen LogP contribution in [0, 0.1) is 6.92 Å². The largest absolute Gasteiger partial charge is 0.469 e. The summed E-state index contributed by atoms with van der Waals surface area (Å²) in [4.78, 5) is 25.2. The Balaban J connectivity index is 2.32. The number of aromatic amines is 1. The summed E-state index contributed by atoms with van der Waals surface area (Å²) >= 11 is 0. The highest BCUT2D eigenvalue weighted by Crippen LogP contribution is 2.17. The Morgan fingerprint density at radius 3 is 2.83 bits per heavy atom. The molecule has 0 aliphatic heterocycles. The number of ether oxygens (including phenoxy) is 1. The zero-order chi connectivity index (χ0) is 13.1. The van der Waals surface area contributed by atoms with Crippen molar-refractivity contribution in [1.82, 2.24) is 4.98 Å². The molecule has 2 aromatic rings. The van der Waals surface area contributed by atoms with Crippen LogP contribution >= 0.6 is 0 Å². The van der Waals surface area contributed by atoms with Crippen molar-refractivity contribution in [2.75, 3.05) is 7.11 Å². The number of pyridine rings is 1. The fraction of sp³-hybridized carbons (Fsp3) is 0.286. The minimum Gasteiger partial charge on any atom is -0.469 e. The molecule has 2 rings (SSSR count). The summed E-state index contributed by atoms with van der Waals surface area (Å²) in [7, 11) is 1.39. The molecule has 94 valence electrons. The van der Waals surface area contributed by atoms with E-state index in [1.54, 1.807) is 6.07 Å². The van der Waals surface area contributed by atoms with Gasteiger partial charge in [0.2, 0.25) is 5.56 Å². The predicted octanol–water partition coefficient (Wildman–Crippen LogP) is 1.94. The van der Waals surface area contributed by atoms with Gasteiger partial charge in [0, 0.05) is 23.4 Å². The molecule has 4 heteroatoms. The molecule has 0 saturated carbocycles. The van der Waals surface area contributed by atoms with Crippen molar-refractivity contribution in [2.24, 2.45) is 0 Å². The Hall–Kier alpha value is -2.10. The molecule has 1 aromatic heterocycles. The Labute approximate surface area is 105 Å². The summed E-state index contributed by atoms with van der Waals surface area (Å²) in [5.41, 5.74) is 2.72. The third kappa shape index (κ3) is 2.59. The molecule has 1 heterocycles. The molecule has 0 aliphatic carbocycles. The Bertz CT molecular complexity index is 643. The molecule has 18 heavy (non-hydrogen) atoms. The average molecular weight is 245 g/mol. The number of nitrogens with one attached hydrogen (secondary N) is 1. The van der Waals surface area contributed by atoms with Gasteiger partial charge in [0.1, 0.15) is 0 Å². The van der Waals surface area contributed by atoms with Gasteiger partial charge in [-0.2, -0.15) is 0 Å². The number of benzene rings is 1. The molecule has 0 saturated heterocycles. The van der Waals surface area contributed by atoms with Crippen LogP contribution in [0.5, 0.6) is 0 Å². The Morgan fingerprint density at radius 2 is 2.11 bits per heavy atom. The van der Waals surface area contributed by atoms with Crippen molar-refractivity contribution in [3.8, 4) is 0 Å². The van der Waals surface area contributed by atoms with Crippen LogP contribution in [-0.4, -0.2) is 18.1 Å². The SMILES string of the molecule is COC(=O)CCc1ccc2[nH]c(=O)cc(C)c2c1. The molecule has 0 atom stereocenters. The van der Waals surface area contributed by atoms with E-state index in [0.29, 0.717) is 12.8 Å². The molecule has 1 N–H and O–H groups in total. The van der Waals surface area contributed by atoms with Crippen LogP contribution in [0.25, 0.3) is 10.9 Å². The molecule has 1 aromatic carbocycles. The van der Waals surface area contributed by atoms with Gasteiger partial charge in [0.15, 0.2) is 0 Å². The number of esters is 1. The van der Waals surface area contributed by atoms with Gasteiger partial charge < -0.3 is 9.72 Å². The van der Waals surface area contributed by atoms with E-state index in [0.717, 1.165) is 22.0 Å². The van der Waals surface area contributed by atoms with E-state index in [4.69, 9.17) is 0 Å². The van der Waals surface area contributed by atoms with Crippen LogP contribution in [0.1, 0.15) is 17.5 Å². The highest BCUT2D eigenvalue weighted by molar-refractivity contribution is 5.82. The second-order valence-corrected chi connectivity index (χ2v) is 4.27. The lowest BCUT2D eigenvalue weighted by Gasteiger charge is -2.05. The monoisotopic (exact) mass is 245 g/mol. The number of carbonyl (C=O) groups is 1. The van der Waals surface area contributed by atoms with E-state index in [9.17, 15) is 9.59 Å². The maximum absolute atomic E-state index is 11.3. The lowest BCUT2D eigenvalue weighted by atomic mass is 10.0. The summed E-state index contributed by atoms with van der Waals surface area (Å²) < 4.78 is 4.61. The van der Waals surface area contributed by atoms with Crippen LogP contribution in [0.15, 0.2) is 29.1 Å². The van der Waals surface area contributed by atoms with Gasteiger partial charge >= 0.3 is 5.97 Å². The summed E-state index contributed by atoms with van der Waals surface area (Å²) in [6.45, 7) is 1.90. The van der Waals surface area contributed by atoms with Gasteiger partial charge in [-0.1, -0.05) is 6.07 Å². The number of hydrogen-bond acceptors (Lipinski definition) is 3. The second kappa shape index (κ2) is 5.04. The average Bonchev–Trinajstić information content (AvgIpc) is 2.36. The van der Waals surface area contributed by atoms with Gasteiger partial charge in [0.05, 0.1) is 7.11 Å². The zero-order valence-electron chi connectivity index (χ0n) is 10.4. The van der Waals surface area contributed by atoms with Crippen molar-refractivity contribution >= 4 is 16.9 Å². The molecule has 0 amide bonds. The van der Waals surface area contributed by atoms with Gasteiger partial charge in [-0.3, -0.25) is 9.59 Å².